The first kappa shape index (κ1) is 17.7. The van der Waals surface area contributed by atoms with Crippen LogP contribution in [0, 0.1) is 5.82 Å². The predicted molar refractivity (Wildman–Crippen MR) is 93.5 cm³/mol. The Morgan fingerprint density at radius 2 is 2.04 bits per heavy atom. The quantitative estimate of drug-likeness (QED) is 0.721. The second-order valence-electron chi connectivity index (χ2n) is 5.54. The van der Waals surface area contributed by atoms with Gasteiger partial charge < -0.3 is 19.4 Å². The van der Waals surface area contributed by atoms with Crippen LogP contribution in [0.3, 0.4) is 0 Å². The van der Waals surface area contributed by atoms with Gasteiger partial charge in [0.05, 0.1) is 11.6 Å². The Bertz CT molecular complexity index is 1150. The molecule has 0 bridgehead atoms. The van der Waals surface area contributed by atoms with Crippen molar-refractivity contribution in [1.82, 2.24) is 14.3 Å². The fourth-order valence-corrected chi connectivity index (χ4v) is 2.76. The summed E-state index contributed by atoms with van der Waals surface area (Å²) in [5.41, 5.74) is -1.58. The number of hydrogen-bond donors (Lipinski definition) is 2. The molecule has 2 heterocycles. The minimum Gasteiger partial charge on any atom is -0.503 e. The summed E-state index contributed by atoms with van der Waals surface area (Å²) in [5, 5.41) is 12.4. The number of aromatic hydroxyl groups is 1. The van der Waals surface area contributed by atoms with Crippen molar-refractivity contribution < 1.29 is 14.3 Å². The van der Waals surface area contributed by atoms with Crippen molar-refractivity contribution in [3.8, 4) is 5.75 Å². The van der Waals surface area contributed by atoms with Gasteiger partial charge >= 0.3 is 0 Å². The molecule has 134 valence electrons. The molecule has 0 aliphatic rings. The Hall–Kier alpha value is -3.13. The number of carbonyl (C=O) groups excluding carboxylic acids is 1. The maximum atomic E-state index is 13.3. The summed E-state index contributed by atoms with van der Waals surface area (Å²) in [6.45, 7) is 0.0557. The number of halogens is 2. The van der Waals surface area contributed by atoms with E-state index in [1.165, 1.54) is 52.8 Å². The maximum Gasteiger partial charge on any atom is 0.279 e. The molecule has 1 aromatic carbocycles. The Morgan fingerprint density at radius 1 is 1.31 bits per heavy atom. The molecular formula is C17H13ClFN3O4. The first-order valence-electron chi connectivity index (χ1n) is 7.47. The van der Waals surface area contributed by atoms with Crippen LogP contribution >= 0.6 is 11.6 Å². The van der Waals surface area contributed by atoms with Crippen LogP contribution in [0.15, 0.2) is 46.4 Å². The molecule has 3 rings (SSSR count). The molecule has 7 nitrogen and oxygen atoms in total. The topological polar surface area (TPSA) is 92.8 Å². The Balaban J connectivity index is 2.15. The van der Waals surface area contributed by atoms with Gasteiger partial charge in [0.1, 0.15) is 11.4 Å². The van der Waals surface area contributed by atoms with E-state index in [4.69, 9.17) is 11.6 Å². The monoisotopic (exact) mass is 377 g/mol. The number of carbonyl (C=O) groups is 1. The average molecular weight is 378 g/mol. The van der Waals surface area contributed by atoms with Gasteiger partial charge in [-0.15, -0.1) is 0 Å². The van der Waals surface area contributed by atoms with E-state index in [2.05, 4.69) is 5.32 Å². The summed E-state index contributed by atoms with van der Waals surface area (Å²) in [6.07, 6.45) is 4.02. The number of aromatic nitrogens is 2. The van der Waals surface area contributed by atoms with Crippen LogP contribution in [0.1, 0.15) is 15.9 Å². The number of rotatable bonds is 3. The van der Waals surface area contributed by atoms with E-state index in [1.54, 1.807) is 0 Å². The van der Waals surface area contributed by atoms with Gasteiger partial charge in [0.15, 0.2) is 11.3 Å². The van der Waals surface area contributed by atoms with Gasteiger partial charge in [-0.3, -0.25) is 14.4 Å². The molecule has 1 amide bonds. The zero-order valence-corrected chi connectivity index (χ0v) is 14.2. The van der Waals surface area contributed by atoms with E-state index in [9.17, 15) is 23.9 Å². The van der Waals surface area contributed by atoms with Gasteiger partial charge in [-0.2, -0.15) is 0 Å². The molecule has 0 fully saturated rings. The van der Waals surface area contributed by atoms with Crippen LogP contribution < -0.4 is 16.3 Å². The Kier molecular flexibility index (Phi) is 4.52. The van der Waals surface area contributed by atoms with Crippen molar-refractivity contribution in [1.29, 1.82) is 0 Å². The maximum absolute atomic E-state index is 13.3. The highest BCUT2D eigenvalue weighted by Crippen LogP contribution is 2.17. The molecule has 0 saturated heterocycles. The van der Waals surface area contributed by atoms with Gasteiger partial charge in [-0.05, 0) is 17.7 Å². The van der Waals surface area contributed by atoms with Crippen molar-refractivity contribution in [3.05, 3.63) is 79.3 Å². The van der Waals surface area contributed by atoms with Crippen molar-refractivity contribution in [2.75, 3.05) is 7.05 Å². The van der Waals surface area contributed by atoms with E-state index < -0.39 is 28.5 Å². The lowest BCUT2D eigenvalue weighted by Crippen LogP contribution is -2.29. The smallest absolute Gasteiger partial charge is 0.279 e. The molecule has 2 N–H and O–H groups in total. The molecule has 0 radical (unpaired) electrons. The van der Waals surface area contributed by atoms with Crippen LogP contribution in [0.2, 0.25) is 5.02 Å². The second-order valence-corrected chi connectivity index (χ2v) is 5.94. The first-order valence-corrected chi connectivity index (χ1v) is 7.84. The Labute approximate surface area is 150 Å². The highest BCUT2D eigenvalue weighted by Gasteiger charge is 2.18. The van der Waals surface area contributed by atoms with Crippen molar-refractivity contribution >= 4 is 23.0 Å². The molecular weight excluding hydrogens is 365 g/mol. The summed E-state index contributed by atoms with van der Waals surface area (Å²) in [6, 6.07) is 4.04. The average Bonchev–Trinajstić information content (AvgIpc) is 2.62. The number of nitrogens with one attached hydrogen (secondary N) is 1. The van der Waals surface area contributed by atoms with Gasteiger partial charge in [0.2, 0.25) is 5.43 Å². The largest absolute Gasteiger partial charge is 0.503 e. The van der Waals surface area contributed by atoms with Gasteiger partial charge in [0.25, 0.3) is 11.5 Å². The van der Waals surface area contributed by atoms with Gasteiger partial charge in [-0.1, -0.05) is 17.7 Å². The zero-order valence-electron chi connectivity index (χ0n) is 13.5. The number of amides is 1. The first-order chi connectivity index (χ1) is 12.3. The molecule has 0 aliphatic carbocycles. The molecule has 26 heavy (non-hydrogen) atoms. The Morgan fingerprint density at radius 3 is 2.69 bits per heavy atom. The highest BCUT2D eigenvalue weighted by molar-refractivity contribution is 6.30. The summed E-state index contributed by atoms with van der Waals surface area (Å²) < 4.78 is 15.7. The molecule has 0 aliphatic heterocycles. The molecule has 0 atom stereocenters. The second kappa shape index (κ2) is 6.64. The van der Waals surface area contributed by atoms with E-state index >= 15 is 0 Å². The third kappa shape index (κ3) is 2.95. The van der Waals surface area contributed by atoms with Crippen molar-refractivity contribution in [2.45, 2.75) is 6.54 Å². The molecule has 9 heteroatoms. The third-order valence-corrected chi connectivity index (χ3v) is 4.18. The fourth-order valence-electron chi connectivity index (χ4n) is 2.56. The predicted octanol–water partition coefficient (Wildman–Crippen LogP) is 1.37. The zero-order chi connectivity index (χ0) is 19.0. The minimum absolute atomic E-state index is 0.0557. The van der Waals surface area contributed by atoms with E-state index in [0.717, 1.165) is 0 Å². The molecule has 3 aromatic rings. The third-order valence-electron chi connectivity index (χ3n) is 3.89. The van der Waals surface area contributed by atoms with Crippen LogP contribution in [0.5, 0.6) is 5.75 Å². The molecule has 2 aromatic heterocycles. The van der Waals surface area contributed by atoms with Crippen LogP contribution in [0.4, 0.5) is 4.39 Å². The lowest BCUT2D eigenvalue weighted by atomic mass is 10.2. The standard InChI is InChI=1S/C17H13ClFN3O4/c1-20-16(25)10-8-21-4-5-22(17(26)13(21)15(24)14(10)23)7-9-2-3-12(19)11(18)6-9/h2-6,8,24H,7H2,1H3,(H,20,25). The number of fused-ring (bicyclic) bond motifs is 1. The number of nitrogens with zero attached hydrogens (tertiary/aromatic N) is 2. The normalized spacial score (nSPS) is 10.9. The summed E-state index contributed by atoms with van der Waals surface area (Å²) in [5.74, 6) is -2.07. The van der Waals surface area contributed by atoms with E-state index in [-0.39, 0.29) is 22.6 Å². The summed E-state index contributed by atoms with van der Waals surface area (Å²) >= 11 is 5.74. The fraction of sp³-hybridized carbons (Fsp3) is 0.118. The van der Waals surface area contributed by atoms with Crippen molar-refractivity contribution in [2.24, 2.45) is 0 Å². The van der Waals surface area contributed by atoms with E-state index in [1.807, 2.05) is 0 Å². The van der Waals surface area contributed by atoms with Crippen LogP contribution in [0.25, 0.3) is 5.52 Å². The number of benzene rings is 1. The molecule has 0 unspecified atom stereocenters. The summed E-state index contributed by atoms with van der Waals surface area (Å²) in [7, 11) is 1.35. The number of hydrogen-bond acceptors (Lipinski definition) is 4. The van der Waals surface area contributed by atoms with Gasteiger partial charge in [-0.25, -0.2) is 4.39 Å². The minimum atomic E-state index is -0.941. The van der Waals surface area contributed by atoms with Crippen LogP contribution in [-0.2, 0) is 6.54 Å². The van der Waals surface area contributed by atoms with Crippen molar-refractivity contribution in [3.63, 3.8) is 0 Å². The van der Waals surface area contributed by atoms with Gasteiger partial charge in [0, 0.05) is 25.6 Å². The molecule has 0 saturated carbocycles. The summed E-state index contributed by atoms with van der Waals surface area (Å²) in [4.78, 5) is 36.5. The lowest BCUT2D eigenvalue weighted by Gasteiger charge is -2.11. The van der Waals surface area contributed by atoms with Crippen LogP contribution in [-0.4, -0.2) is 27.0 Å². The lowest BCUT2D eigenvalue weighted by molar-refractivity contribution is 0.0961. The molecule has 0 spiro atoms. The highest BCUT2D eigenvalue weighted by atomic mass is 35.5. The SMILES string of the molecule is CNC(=O)c1cn2ccn(Cc3ccc(F)c(Cl)c3)c(=O)c2c(O)c1=O. The number of pyridine rings is 1. The van der Waals surface area contributed by atoms with E-state index in [0.29, 0.717) is 5.56 Å².